The first-order valence-electron chi connectivity index (χ1n) is 4.36. The molecule has 4 heteroatoms. The molecule has 0 heterocycles. The first kappa shape index (κ1) is 12.5. The van der Waals surface area contributed by atoms with E-state index in [0.717, 1.165) is 0 Å². The Labute approximate surface area is 84.2 Å². The number of carbonyl (C=O) groups is 2. The minimum atomic E-state index is -0.261. The Hall–Kier alpha value is -1.50. The molecule has 0 aliphatic heterocycles. The molecule has 0 fully saturated rings. The van der Waals surface area contributed by atoms with Gasteiger partial charge in [-0.25, -0.2) is 0 Å². The molecule has 78 valence electrons. The summed E-state index contributed by atoms with van der Waals surface area (Å²) in [6, 6.07) is 0. The number of nitrogens with zero attached hydrogens (tertiary/aromatic N) is 1. The fourth-order valence-corrected chi connectivity index (χ4v) is 0.910. The lowest BCUT2D eigenvalue weighted by Crippen LogP contribution is -2.27. The van der Waals surface area contributed by atoms with Crippen LogP contribution in [0.1, 0.15) is 19.3 Å². The van der Waals surface area contributed by atoms with Gasteiger partial charge in [0.1, 0.15) is 0 Å². The summed E-state index contributed by atoms with van der Waals surface area (Å²) in [5.41, 5.74) is 0. The van der Waals surface area contributed by atoms with Crippen molar-refractivity contribution in [2.75, 3.05) is 20.7 Å². The maximum Gasteiger partial charge on any atom is 0.305 e. The number of rotatable bonds is 5. The molecule has 1 amide bonds. The van der Waals surface area contributed by atoms with Crippen molar-refractivity contribution in [3.05, 3.63) is 0 Å². The Morgan fingerprint density at radius 3 is 2.64 bits per heavy atom. The molecule has 0 aromatic heterocycles. The lowest BCUT2D eigenvalue weighted by atomic mass is 10.3. The Kier molecular flexibility index (Phi) is 6.21. The summed E-state index contributed by atoms with van der Waals surface area (Å²) in [6.07, 6.45) is 6.02. The van der Waals surface area contributed by atoms with E-state index in [9.17, 15) is 9.59 Å². The van der Waals surface area contributed by atoms with Crippen LogP contribution in [-0.4, -0.2) is 37.5 Å². The molecular formula is C10H15NO3. The summed E-state index contributed by atoms with van der Waals surface area (Å²) in [5.74, 6) is 1.91. The Bertz CT molecular complexity index is 242. The van der Waals surface area contributed by atoms with Gasteiger partial charge in [0.15, 0.2) is 0 Å². The van der Waals surface area contributed by atoms with Crippen molar-refractivity contribution in [3.8, 4) is 12.3 Å². The van der Waals surface area contributed by atoms with E-state index < -0.39 is 0 Å². The van der Waals surface area contributed by atoms with Gasteiger partial charge in [-0.15, -0.1) is 6.42 Å². The van der Waals surface area contributed by atoms with Gasteiger partial charge < -0.3 is 9.64 Å². The summed E-state index contributed by atoms with van der Waals surface area (Å²) >= 11 is 0. The van der Waals surface area contributed by atoms with Crippen molar-refractivity contribution in [1.82, 2.24) is 4.90 Å². The quantitative estimate of drug-likeness (QED) is 0.474. The van der Waals surface area contributed by atoms with Crippen molar-refractivity contribution < 1.29 is 14.3 Å². The average molecular weight is 197 g/mol. The van der Waals surface area contributed by atoms with Gasteiger partial charge in [0, 0.05) is 20.0 Å². The highest BCUT2D eigenvalue weighted by molar-refractivity contribution is 5.78. The first-order chi connectivity index (χ1) is 6.61. The van der Waals surface area contributed by atoms with E-state index in [4.69, 9.17) is 6.42 Å². The van der Waals surface area contributed by atoms with Crippen molar-refractivity contribution in [2.24, 2.45) is 0 Å². The van der Waals surface area contributed by atoms with Crippen LogP contribution in [0.4, 0.5) is 0 Å². The van der Waals surface area contributed by atoms with Crippen LogP contribution >= 0.6 is 0 Å². The lowest BCUT2D eigenvalue weighted by molar-refractivity contribution is -0.141. The van der Waals surface area contributed by atoms with Crippen LogP contribution in [0, 0.1) is 12.3 Å². The van der Waals surface area contributed by atoms with Crippen LogP contribution in [0.25, 0.3) is 0 Å². The second kappa shape index (κ2) is 6.96. The summed E-state index contributed by atoms with van der Waals surface area (Å²) in [7, 11) is 3.01. The number of hydrogen-bond donors (Lipinski definition) is 0. The van der Waals surface area contributed by atoms with Gasteiger partial charge in [0.2, 0.25) is 5.91 Å². The van der Waals surface area contributed by atoms with E-state index in [-0.39, 0.29) is 18.3 Å². The minimum absolute atomic E-state index is 0.0997. The third-order valence-corrected chi connectivity index (χ3v) is 1.78. The fraction of sp³-hybridized carbons (Fsp3) is 0.600. The summed E-state index contributed by atoms with van der Waals surface area (Å²) in [4.78, 5) is 23.4. The van der Waals surface area contributed by atoms with Crippen LogP contribution < -0.4 is 0 Å². The number of terminal acetylenes is 1. The van der Waals surface area contributed by atoms with Crippen LogP contribution in [0.3, 0.4) is 0 Å². The Morgan fingerprint density at radius 1 is 1.50 bits per heavy atom. The monoisotopic (exact) mass is 197 g/mol. The molecule has 0 saturated carbocycles. The van der Waals surface area contributed by atoms with Crippen molar-refractivity contribution in [2.45, 2.75) is 19.3 Å². The molecule has 0 aliphatic rings. The standard InChI is InChI=1S/C10H15NO3/c1-4-6-9(12)11(2)8-5-7-10(13)14-3/h1H,5-8H2,2-3H3. The zero-order valence-electron chi connectivity index (χ0n) is 8.58. The maximum atomic E-state index is 11.2. The second-order valence-corrected chi connectivity index (χ2v) is 2.88. The van der Waals surface area contributed by atoms with Gasteiger partial charge >= 0.3 is 5.97 Å². The summed E-state index contributed by atoms with van der Waals surface area (Å²) in [6.45, 7) is 0.523. The smallest absolute Gasteiger partial charge is 0.305 e. The van der Waals surface area contributed by atoms with E-state index >= 15 is 0 Å². The van der Waals surface area contributed by atoms with Gasteiger partial charge in [0.05, 0.1) is 13.5 Å². The van der Waals surface area contributed by atoms with Gasteiger partial charge in [-0.05, 0) is 6.42 Å². The van der Waals surface area contributed by atoms with Crippen LogP contribution in [0.2, 0.25) is 0 Å². The van der Waals surface area contributed by atoms with E-state index in [1.807, 2.05) is 0 Å². The molecule has 0 aromatic carbocycles. The van der Waals surface area contributed by atoms with Gasteiger partial charge in [-0.2, -0.15) is 0 Å². The molecule has 0 aromatic rings. The molecule has 0 bridgehead atoms. The SMILES string of the molecule is C#CCC(=O)N(C)CCCC(=O)OC. The van der Waals surface area contributed by atoms with Crippen molar-refractivity contribution >= 4 is 11.9 Å². The second-order valence-electron chi connectivity index (χ2n) is 2.88. The largest absolute Gasteiger partial charge is 0.469 e. The van der Waals surface area contributed by atoms with Crippen molar-refractivity contribution in [3.63, 3.8) is 0 Å². The zero-order chi connectivity index (χ0) is 11.0. The molecule has 0 saturated heterocycles. The normalized spacial score (nSPS) is 8.93. The minimum Gasteiger partial charge on any atom is -0.469 e. The van der Waals surface area contributed by atoms with Gasteiger partial charge in [-0.3, -0.25) is 9.59 Å². The molecule has 0 radical (unpaired) electrons. The number of methoxy groups -OCH3 is 1. The molecule has 0 rings (SSSR count). The van der Waals surface area contributed by atoms with Gasteiger partial charge in [-0.1, -0.05) is 5.92 Å². The molecule has 0 spiro atoms. The highest BCUT2D eigenvalue weighted by Gasteiger charge is 2.07. The number of hydrogen-bond acceptors (Lipinski definition) is 3. The predicted octanol–water partition coefficient (Wildman–Crippen LogP) is 0.421. The highest BCUT2D eigenvalue weighted by atomic mass is 16.5. The van der Waals surface area contributed by atoms with Crippen LogP contribution in [-0.2, 0) is 14.3 Å². The van der Waals surface area contributed by atoms with E-state index in [1.165, 1.54) is 12.0 Å². The molecular weight excluding hydrogens is 182 g/mol. The number of amides is 1. The molecule has 0 atom stereocenters. The average Bonchev–Trinajstić information content (AvgIpc) is 2.17. The van der Waals surface area contributed by atoms with E-state index in [1.54, 1.807) is 7.05 Å². The van der Waals surface area contributed by atoms with Crippen LogP contribution in [0.15, 0.2) is 0 Å². The number of carbonyl (C=O) groups excluding carboxylic acids is 2. The molecule has 14 heavy (non-hydrogen) atoms. The molecule has 0 N–H and O–H groups in total. The lowest BCUT2D eigenvalue weighted by Gasteiger charge is -2.14. The third kappa shape index (κ3) is 5.20. The predicted molar refractivity (Wildman–Crippen MR) is 52.3 cm³/mol. The number of ether oxygens (including phenoxy) is 1. The molecule has 4 nitrogen and oxygen atoms in total. The van der Waals surface area contributed by atoms with Crippen molar-refractivity contribution in [1.29, 1.82) is 0 Å². The summed E-state index contributed by atoms with van der Waals surface area (Å²) < 4.78 is 4.47. The topological polar surface area (TPSA) is 46.6 Å². The molecule has 0 unspecified atom stereocenters. The summed E-state index contributed by atoms with van der Waals surface area (Å²) in [5, 5.41) is 0. The van der Waals surface area contributed by atoms with Gasteiger partial charge in [0.25, 0.3) is 0 Å². The fourth-order valence-electron chi connectivity index (χ4n) is 0.910. The number of esters is 1. The zero-order valence-corrected chi connectivity index (χ0v) is 8.58. The van der Waals surface area contributed by atoms with Crippen LogP contribution in [0.5, 0.6) is 0 Å². The first-order valence-corrected chi connectivity index (χ1v) is 4.36. The Morgan fingerprint density at radius 2 is 2.14 bits per heavy atom. The van der Waals surface area contributed by atoms with E-state index in [2.05, 4.69) is 10.7 Å². The third-order valence-electron chi connectivity index (χ3n) is 1.78. The van der Waals surface area contributed by atoms with E-state index in [0.29, 0.717) is 19.4 Å². The maximum absolute atomic E-state index is 11.2. The molecule has 0 aliphatic carbocycles. The highest BCUT2D eigenvalue weighted by Crippen LogP contribution is 1.96. The Balaban J connectivity index is 3.64.